The van der Waals surface area contributed by atoms with Crippen LogP contribution in [0.5, 0.6) is 0 Å². The zero-order chi connectivity index (χ0) is 16.6. The van der Waals surface area contributed by atoms with Gasteiger partial charge in [0.1, 0.15) is 6.54 Å². The van der Waals surface area contributed by atoms with E-state index in [1.807, 2.05) is 13.8 Å². The monoisotopic (exact) mass is 315 g/mol. The van der Waals surface area contributed by atoms with Crippen LogP contribution in [-0.4, -0.2) is 33.9 Å². The Morgan fingerprint density at radius 1 is 1.48 bits per heavy atom. The lowest BCUT2D eigenvalue weighted by atomic mass is 9.65. The Morgan fingerprint density at radius 3 is 2.91 bits per heavy atom. The van der Waals surface area contributed by atoms with Gasteiger partial charge in [0, 0.05) is 6.20 Å². The summed E-state index contributed by atoms with van der Waals surface area (Å²) in [5.41, 5.74) is 0.816. The number of ketones is 1. The van der Waals surface area contributed by atoms with E-state index in [0.29, 0.717) is 17.5 Å². The third-order valence-corrected chi connectivity index (χ3v) is 5.65. The minimum Gasteiger partial charge on any atom is -0.359 e. The number of hydrogen-bond donors (Lipinski definition) is 1. The average Bonchev–Trinajstić information content (AvgIpc) is 3.12. The van der Waals surface area contributed by atoms with E-state index in [-0.39, 0.29) is 18.2 Å². The van der Waals surface area contributed by atoms with Crippen molar-refractivity contribution in [2.75, 3.05) is 6.54 Å². The topological polar surface area (TPSA) is 65.5 Å². The van der Waals surface area contributed by atoms with E-state index in [1.54, 1.807) is 18.3 Å². The second-order valence-electron chi connectivity index (χ2n) is 7.23. The van der Waals surface area contributed by atoms with Crippen molar-refractivity contribution < 1.29 is 9.59 Å². The van der Waals surface area contributed by atoms with E-state index in [1.165, 1.54) is 17.9 Å². The summed E-state index contributed by atoms with van der Waals surface area (Å²) >= 11 is 0. The number of rotatable bonds is 4. The highest BCUT2D eigenvalue weighted by Crippen LogP contribution is 2.45. The van der Waals surface area contributed by atoms with Crippen LogP contribution in [0, 0.1) is 17.3 Å². The zero-order valence-corrected chi connectivity index (χ0v) is 14.1. The molecular weight excluding hydrogens is 290 g/mol. The summed E-state index contributed by atoms with van der Waals surface area (Å²) in [5.74, 6) is 0.851. The SMILES string of the molecule is CC1=NN(CC(=O)c2ccc[nH]2)C(=O)C1(C)C1CCC[C@@H](C)C1. The number of H-pyrrole nitrogens is 1. The molecule has 0 aromatic carbocycles. The maximum atomic E-state index is 13.0. The van der Waals surface area contributed by atoms with Crippen molar-refractivity contribution in [3.05, 3.63) is 24.0 Å². The quantitative estimate of drug-likeness (QED) is 0.867. The molecule has 1 aliphatic carbocycles. The fraction of sp³-hybridized carbons (Fsp3) is 0.611. The number of carbonyl (C=O) groups excluding carboxylic acids is 2. The summed E-state index contributed by atoms with van der Waals surface area (Å²) in [5, 5.41) is 5.81. The van der Waals surface area contributed by atoms with Crippen LogP contribution in [-0.2, 0) is 4.79 Å². The molecular formula is C18H25N3O2. The van der Waals surface area contributed by atoms with Crippen molar-refractivity contribution in [2.45, 2.75) is 46.5 Å². The third-order valence-electron chi connectivity index (χ3n) is 5.65. The van der Waals surface area contributed by atoms with Gasteiger partial charge in [0.2, 0.25) is 5.78 Å². The molecule has 1 saturated carbocycles. The van der Waals surface area contributed by atoms with Crippen LogP contribution in [0.1, 0.15) is 56.9 Å². The number of nitrogens with zero attached hydrogens (tertiary/aromatic N) is 2. The lowest BCUT2D eigenvalue weighted by Crippen LogP contribution is -2.45. The number of Topliss-reactive ketones (excluding diaryl/α,β-unsaturated/α-hetero) is 1. The standard InChI is InChI=1S/C18H25N3O2/c1-12-6-4-7-14(10-12)18(3)13(2)20-21(17(18)23)11-16(22)15-8-5-9-19-15/h5,8-9,12,14,19H,4,6-7,10-11H2,1-3H3/t12-,14?,18?/m1/s1. The van der Waals surface area contributed by atoms with E-state index >= 15 is 0 Å². The average molecular weight is 315 g/mol. The number of hydrogen-bond acceptors (Lipinski definition) is 3. The van der Waals surface area contributed by atoms with Crippen molar-refractivity contribution in [1.82, 2.24) is 9.99 Å². The van der Waals surface area contributed by atoms with Crippen molar-refractivity contribution in [3.8, 4) is 0 Å². The van der Waals surface area contributed by atoms with Crippen LogP contribution in [0.25, 0.3) is 0 Å². The first kappa shape index (κ1) is 16.0. The molecule has 2 heterocycles. The van der Waals surface area contributed by atoms with Crippen molar-refractivity contribution >= 4 is 17.4 Å². The predicted octanol–water partition coefficient (Wildman–Crippen LogP) is 3.25. The predicted molar refractivity (Wildman–Crippen MR) is 89.2 cm³/mol. The maximum absolute atomic E-state index is 13.0. The maximum Gasteiger partial charge on any atom is 0.255 e. The second kappa shape index (κ2) is 5.95. The Kier molecular flexibility index (Phi) is 4.13. The van der Waals surface area contributed by atoms with Gasteiger partial charge in [-0.25, -0.2) is 5.01 Å². The molecule has 1 amide bonds. The van der Waals surface area contributed by atoms with Gasteiger partial charge < -0.3 is 4.98 Å². The molecule has 23 heavy (non-hydrogen) atoms. The van der Waals surface area contributed by atoms with Crippen molar-refractivity contribution in [3.63, 3.8) is 0 Å². The van der Waals surface area contributed by atoms with E-state index < -0.39 is 5.41 Å². The fourth-order valence-electron chi connectivity index (χ4n) is 4.01. The number of aromatic amines is 1. The Morgan fingerprint density at radius 2 is 2.26 bits per heavy atom. The van der Waals surface area contributed by atoms with Crippen LogP contribution in [0.3, 0.4) is 0 Å². The fourth-order valence-corrected chi connectivity index (χ4v) is 4.01. The molecule has 3 rings (SSSR count). The van der Waals surface area contributed by atoms with Crippen LogP contribution >= 0.6 is 0 Å². The van der Waals surface area contributed by atoms with Gasteiger partial charge in [0.15, 0.2) is 0 Å². The summed E-state index contributed by atoms with van der Waals surface area (Å²) in [7, 11) is 0. The minimum atomic E-state index is -0.551. The van der Waals surface area contributed by atoms with Crippen LogP contribution in [0.4, 0.5) is 0 Å². The molecule has 2 aliphatic rings. The first-order valence-electron chi connectivity index (χ1n) is 8.47. The van der Waals surface area contributed by atoms with E-state index in [2.05, 4.69) is 17.0 Å². The van der Waals surface area contributed by atoms with E-state index in [4.69, 9.17) is 0 Å². The van der Waals surface area contributed by atoms with Crippen LogP contribution < -0.4 is 0 Å². The smallest absolute Gasteiger partial charge is 0.255 e. The summed E-state index contributed by atoms with van der Waals surface area (Å²) in [6.45, 7) is 6.20. The summed E-state index contributed by atoms with van der Waals surface area (Å²) in [4.78, 5) is 28.1. The molecule has 5 heteroatoms. The van der Waals surface area contributed by atoms with Gasteiger partial charge in [0.25, 0.3) is 5.91 Å². The Bertz CT molecular complexity index is 635. The minimum absolute atomic E-state index is 0.00848. The largest absolute Gasteiger partial charge is 0.359 e. The lowest BCUT2D eigenvalue weighted by Gasteiger charge is -2.37. The van der Waals surface area contributed by atoms with Gasteiger partial charge >= 0.3 is 0 Å². The molecule has 5 nitrogen and oxygen atoms in total. The molecule has 3 atom stereocenters. The molecule has 0 saturated heterocycles. The number of aromatic nitrogens is 1. The third kappa shape index (κ3) is 2.73. The normalized spacial score (nSPS) is 31.3. The zero-order valence-electron chi connectivity index (χ0n) is 14.1. The second-order valence-corrected chi connectivity index (χ2v) is 7.23. The Balaban J connectivity index is 1.76. The first-order chi connectivity index (χ1) is 10.9. The molecule has 1 aliphatic heterocycles. The molecule has 1 fully saturated rings. The van der Waals surface area contributed by atoms with Gasteiger partial charge in [0.05, 0.1) is 16.8 Å². The van der Waals surface area contributed by atoms with Crippen molar-refractivity contribution in [1.29, 1.82) is 0 Å². The summed E-state index contributed by atoms with van der Waals surface area (Å²) < 4.78 is 0. The van der Waals surface area contributed by atoms with Gasteiger partial charge in [-0.15, -0.1) is 0 Å². The molecule has 1 N–H and O–H groups in total. The lowest BCUT2D eigenvalue weighted by molar-refractivity contribution is -0.138. The van der Waals surface area contributed by atoms with Crippen LogP contribution in [0.15, 0.2) is 23.4 Å². The summed E-state index contributed by atoms with van der Waals surface area (Å²) in [6.07, 6.45) is 6.25. The van der Waals surface area contributed by atoms with Crippen molar-refractivity contribution in [2.24, 2.45) is 22.4 Å². The molecule has 0 radical (unpaired) electrons. The molecule has 0 spiro atoms. The first-order valence-corrected chi connectivity index (χ1v) is 8.47. The molecule has 124 valence electrons. The number of carbonyl (C=O) groups is 2. The molecule has 1 aromatic rings. The van der Waals surface area contributed by atoms with E-state index in [0.717, 1.165) is 18.6 Å². The highest BCUT2D eigenvalue weighted by Gasteiger charge is 2.51. The molecule has 0 bridgehead atoms. The van der Waals surface area contributed by atoms with Gasteiger partial charge in [-0.3, -0.25) is 9.59 Å². The van der Waals surface area contributed by atoms with Gasteiger partial charge in [-0.2, -0.15) is 5.10 Å². The van der Waals surface area contributed by atoms with Crippen LogP contribution in [0.2, 0.25) is 0 Å². The Labute approximate surface area is 137 Å². The molecule has 2 unspecified atom stereocenters. The van der Waals surface area contributed by atoms with Gasteiger partial charge in [-0.05, 0) is 50.7 Å². The highest BCUT2D eigenvalue weighted by atomic mass is 16.2. The highest BCUT2D eigenvalue weighted by molar-refractivity contribution is 6.12. The number of hydrazone groups is 1. The number of nitrogens with one attached hydrogen (secondary N) is 1. The van der Waals surface area contributed by atoms with E-state index in [9.17, 15) is 9.59 Å². The van der Waals surface area contributed by atoms with Gasteiger partial charge in [-0.1, -0.05) is 19.8 Å². The number of amides is 1. The summed E-state index contributed by atoms with van der Waals surface area (Å²) in [6, 6.07) is 3.50. The molecule has 1 aromatic heterocycles. The Hall–Kier alpha value is -1.91.